The van der Waals surface area contributed by atoms with E-state index in [1.807, 2.05) is 62.4 Å². The van der Waals surface area contributed by atoms with Gasteiger partial charge in [0.05, 0.1) is 6.10 Å². The molecule has 24 heavy (non-hydrogen) atoms. The van der Waals surface area contributed by atoms with Crippen molar-refractivity contribution in [3.8, 4) is 11.5 Å². The van der Waals surface area contributed by atoms with Gasteiger partial charge in [-0.25, -0.2) is 0 Å². The number of amides is 1. The van der Waals surface area contributed by atoms with Gasteiger partial charge in [0.15, 0.2) is 6.10 Å². The first-order valence-corrected chi connectivity index (χ1v) is 8.29. The lowest BCUT2D eigenvalue weighted by Gasteiger charge is -2.16. The zero-order valence-electron chi connectivity index (χ0n) is 14.7. The summed E-state index contributed by atoms with van der Waals surface area (Å²) in [5.74, 6) is 1.30. The van der Waals surface area contributed by atoms with Crippen LogP contribution in [0.25, 0.3) is 0 Å². The molecule has 2 aromatic carbocycles. The van der Waals surface area contributed by atoms with Crippen LogP contribution in [0.1, 0.15) is 32.8 Å². The number of benzene rings is 2. The van der Waals surface area contributed by atoms with Gasteiger partial charge in [-0.1, -0.05) is 19.1 Å². The van der Waals surface area contributed by atoms with Gasteiger partial charge in [0.2, 0.25) is 0 Å². The SMILES string of the molecule is CCC(C)Oc1ccc(NC(=O)C(C)Oc2cccc(C)c2)cc1. The van der Waals surface area contributed by atoms with Gasteiger partial charge in [-0.05, 0) is 69.2 Å². The molecule has 0 spiro atoms. The van der Waals surface area contributed by atoms with Crippen molar-refractivity contribution >= 4 is 11.6 Å². The second-order valence-corrected chi connectivity index (χ2v) is 5.93. The molecule has 0 bridgehead atoms. The predicted octanol–water partition coefficient (Wildman–Crippen LogP) is 4.58. The molecule has 2 rings (SSSR count). The number of aryl methyl sites for hydroxylation is 1. The maximum atomic E-state index is 12.2. The van der Waals surface area contributed by atoms with Crippen LogP contribution < -0.4 is 14.8 Å². The summed E-state index contributed by atoms with van der Waals surface area (Å²) in [6.07, 6.45) is 0.544. The Morgan fingerprint density at radius 1 is 1.04 bits per heavy atom. The monoisotopic (exact) mass is 327 g/mol. The lowest BCUT2D eigenvalue weighted by Crippen LogP contribution is -2.30. The lowest BCUT2D eigenvalue weighted by atomic mass is 10.2. The highest BCUT2D eigenvalue weighted by Crippen LogP contribution is 2.19. The molecule has 0 aliphatic heterocycles. The van der Waals surface area contributed by atoms with Crippen LogP contribution in [-0.2, 0) is 4.79 Å². The molecule has 1 amide bonds. The fraction of sp³-hybridized carbons (Fsp3) is 0.350. The van der Waals surface area contributed by atoms with Crippen molar-refractivity contribution < 1.29 is 14.3 Å². The molecule has 2 unspecified atom stereocenters. The molecule has 4 heteroatoms. The maximum absolute atomic E-state index is 12.2. The van der Waals surface area contributed by atoms with E-state index >= 15 is 0 Å². The predicted molar refractivity (Wildman–Crippen MR) is 96.7 cm³/mol. The Hall–Kier alpha value is -2.49. The van der Waals surface area contributed by atoms with E-state index in [1.165, 1.54) is 0 Å². The summed E-state index contributed by atoms with van der Waals surface area (Å²) in [5, 5.41) is 2.85. The Balaban J connectivity index is 1.91. The summed E-state index contributed by atoms with van der Waals surface area (Å²) in [4.78, 5) is 12.2. The highest BCUT2D eigenvalue weighted by molar-refractivity contribution is 5.94. The van der Waals surface area contributed by atoms with E-state index in [2.05, 4.69) is 12.2 Å². The van der Waals surface area contributed by atoms with Gasteiger partial charge in [-0.3, -0.25) is 4.79 Å². The topological polar surface area (TPSA) is 47.6 Å². The zero-order chi connectivity index (χ0) is 17.5. The minimum Gasteiger partial charge on any atom is -0.491 e. The summed E-state index contributed by atoms with van der Waals surface area (Å²) >= 11 is 0. The van der Waals surface area contributed by atoms with E-state index in [4.69, 9.17) is 9.47 Å². The molecular weight excluding hydrogens is 302 g/mol. The Labute approximate surface area is 143 Å². The van der Waals surface area contributed by atoms with Crippen LogP contribution in [0.15, 0.2) is 48.5 Å². The van der Waals surface area contributed by atoms with Crippen LogP contribution >= 0.6 is 0 Å². The van der Waals surface area contributed by atoms with E-state index in [9.17, 15) is 4.79 Å². The minimum absolute atomic E-state index is 0.174. The van der Waals surface area contributed by atoms with Crippen molar-refractivity contribution in [1.29, 1.82) is 0 Å². The van der Waals surface area contributed by atoms with Crippen LogP contribution in [0.3, 0.4) is 0 Å². The van der Waals surface area contributed by atoms with Crippen LogP contribution in [0.2, 0.25) is 0 Å². The zero-order valence-corrected chi connectivity index (χ0v) is 14.7. The fourth-order valence-corrected chi connectivity index (χ4v) is 2.12. The number of nitrogens with one attached hydrogen (secondary N) is 1. The third-order valence-corrected chi connectivity index (χ3v) is 3.71. The second-order valence-electron chi connectivity index (χ2n) is 5.93. The maximum Gasteiger partial charge on any atom is 0.265 e. The van der Waals surface area contributed by atoms with Gasteiger partial charge in [-0.15, -0.1) is 0 Å². The van der Waals surface area contributed by atoms with Gasteiger partial charge in [0.25, 0.3) is 5.91 Å². The normalized spacial score (nSPS) is 13.0. The van der Waals surface area contributed by atoms with E-state index < -0.39 is 6.10 Å². The molecule has 4 nitrogen and oxygen atoms in total. The Morgan fingerprint density at radius 2 is 1.75 bits per heavy atom. The molecule has 2 aromatic rings. The molecular formula is C20H25NO3. The number of carbonyl (C=O) groups excluding carboxylic acids is 1. The van der Waals surface area contributed by atoms with Crippen molar-refractivity contribution in [2.45, 2.75) is 46.3 Å². The first kappa shape index (κ1) is 17.9. The third-order valence-electron chi connectivity index (χ3n) is 3.71. The summed E-state index contributed by atoms with van der Waals surface area (Å²) in [7, 11) is 0. The van der Waals surface area contributed by atoms with Gasteiger partial charge in [0, 0.05) is 5.69 Å². The Bertz CT molecular complexity index is 667. The van der Waals surface area contributed by atoms with Crippen LogP contribution in [-0.4, -0.2) is 18.1 Å². The number of anilines is 1. The van der Waals surface area contributed by atoms with Crippen molar-refractivity contribution in [3.05, 3.63) is 54.1 Å². The second kappa shape index (κ2) is 8.39. The number of carbonyl (C=O) groups is 1. The molecule has 0 radical (unpaired) electrons. The summed E-state index contributed by atoms with van der Waals surface area (Å²) < 4.78 is 11.4. The van der Waals surface area contributed by atoms with Crippen molar-refractivity contribution in [2.75, 3.05) is 5.32 Å². The van der Waals surface area contributed by atoms with Crippen LogP contribution in [0.4, 0.5) is 5.69 Å². The first-order chi connectivity index (χ1) is 11.5. The average Bonchev–Trinajstić information content (AvgIpc) is 2.56. The quantitative estimate of drug-likeness (QED) is 0.810. The summed E-state index contributed by atoms with van der Waals surface area (Å²) in [5.41, 5.74) is 1.81. The van der Waals surface area contributed by atoms with E-state index in [0.29, 0.717) is 5.75 Å². The molecule has 0 saturated heterocycles. The molecule has 0 saturated carbocycles. The molecule has 0 aliphatic carbocycles. The van der Waals surface area contributed by atoms with Gasteiger partial charge in [0.1, 0.15) is 11.5 Å². The van der Waals surface area contributed by atoms with Crippen molar-refractivity contribution in [2.24, 2.45) is 0 Å². The number of hydrogen-bond acceptors (Lipinski definition) is 3. The summed E-state index contributed by atoms with van der Waals surface area (Å²) in [6, 6.07) is 15.0. The molecule has 0 fully saturated rings. The molecule has 128 valence electrons. The van der Waals surface area contributed by atoms with Crippen LogP contribution in [0, 0.1) is 6.92 Å². The minimum atomic E-state index is -0.581. The largest absolute Gasteiger partial charge is 0.491 e. The van der Waals surface area contributed by atoms with E-state index in [-0.39, 0.29) is 12.0 Å². The Morgan fingerprint density at radius 3 is 2.38 bits per heavy atom. The molecule has 0 heterocycles. The molecule has 2 atom stereocenters. The molecule has 1 N–H and O–H groups in total. The Kier molecular flexibility index (Phi) is 6.24. The average molecular weight is 327 g/mol. The van der Waals surface area contributed by atoms with Crippen molar-refractivity contribution in [1.82, 2.24) is 0 Å². The third kappa shape index (κ3) is 5.30. The van der Waals surface area contributed by atoms with E-state index in [1.54, 1.807) is 6.92 Å². The number of ether oxygens (including phenoxy) is 2. The first-order valence-electron chi connectivity index (χ1n) is 8.29. The summed E-state index contributed by atoms with van der Waals surface area (Å²) in [6.45, 7) is 7.83. The van der Waals surface area contributed by atoms with Gasteiger partial charge < -0.3 is 14.8 Å². The van der Waals surface area contributed by atoms with Gasteiger partial charge >= 0.3 is 0 Å². The van der Waals surface area contributed by atoms with Crippen molar-refractivity contribution in [3.63, 3.8) is 0 Å². The number of rotatable bonds is 7. The van der Waals surface area contributed by atoms with Gasteiger partial charge in [-0.2, -0.15) is 0 Å². The molecule has 0 aliphatic rings. The highest BCUT2D eigenvalue weighted by Gasteiger charge is 2.15. The fourth-order valence-electron chi connectivity index (χ4n) is 2.12. The van der Waals surface area contributed by atoms with Crippen LogP contribution in [0.5, 0.6) is 11.5 Å². The molecule has 0 aromatic heterocycles. The smallest absolute Gasteiger partial charge is 0.265 e. The standard InChI is InChI=1S/C20H25NO3/c1-5-15(3)23-18-11-9-17(10-12-18)21-20(22)16(4)24-19-8-6-7-14(2)13-19/h6-13,15-16H,5H2,1-4H3,(H,21,22). The number of hydrogen-bond donors (Lipinski definition) is 1. The van der Waals surface area contributed by atoms with E-state index in [0.717, 1.165) is 23.4 Å². The lowest BCUT2D eigenvalue weighted by molar-refractivity contribution is -0.122. The highest BCUT2D eigenvalue weighted by atomic mass is 16.5.